The van der Waals surface area contributed by atoms with Gasteiger partial charge in [0.15, 0.2) is 0 Å². The van der Waals surface area contributed by atoms with Crippen LogP contribution in [0.25, 0.3) is 11.1 Å². The Bertz CT molecular complexity index is 711. The zero-order chi connectivity index (χ0) is 15.5. The molecular formula is C20H22N2. The molecule has 0 saturated heterocycles. The van der Waals surface area contributed by atoms with Crippen LogP contribution in [0, 0.1) is 12.8 Å². The molecule has 2 heteroatoms. The zero-order valence-corrected chi connectivity index (χ0v) is 13.3. The van der Waals surface area contributed by atoms with E-state index in [2.05, 4.69) is 72.3 Å². The minimum atomic E-state index is 0.382. The second-order valence-corrected chi connectivity index (χ2v) is 5.99. The summed E-state index contributed by atoms with van der Waals surface area (Å²) < 4.78 is 0. The molecule has 2 nitrogen and oxygen atoms in total. The molecule has 1 N–H and O–H groups in total. The van der Waals surface area contributed by atoms with Crippen LogP contribution in [0.1, 0.15) is 18.1 Å². The molecule has 112 valence electrons. The monoisotopic (exact) mass is 290 g/mol. The van der Waals surface area contributed by atoms with Crippen molar-refractivity contribution in [2.24, 2.45) is 10.9 Å². The van der Waals surface area contributed by atoms with E-state index < -0.39 is 0 Å². The van der Waals surface area contributed by atoms with Crippen LogP contribution in [0.2, 0.25) is 0 Å². The Balaban J connectivity index is 1.75. The van der Waals surface area contributed by atoms with Gasteiger partial charge < -0.3 is 5.32 Å². The third-order valence-electron chi connectivity index (χ3n) is 4.28. The van der Waals surface area contributed by atoms with E-state index in [0.717, 1.165) is 24.5 Å². The molecule has 0 bridgehead atoms. The molecule has 1 aliphatic heterocycles. The van der Waals surface area contributed by atoms with Crippen molar-refractivity contribution in [2.75, 3.05) is 6.54 Å². The van der Waals surface area contributed by atoms with E-state index in [4.69, 9.17) is 0 Å². The van der Waals surface area contributed by atoms with E-state index in [1.165, 1.54) is 22.3 Å². The van der Waals surface area contributed by atoms with E-state index in [9.17, 15) is 0 Å². The summed E-state index contributed by atoms with van der Waals surface area (Å²) in [5, 5.41) is 3.25. The van der Waals surface area contributed by atoms with E-state index in [0.29, 0.717) is 5.92 Å². The van der Waals surface area contributed by atoms with E-state index in [1.54, 1.807) is 0 Å². The lowest BCUT2D eigenvalue weighted by molar-refractivity contribution is 0.581. The lowest BCUT2D eigenvalue weighted by Crippen LogP contribution is -2.32. The Morgan fingerprint density at radius 1 is 1.09 bits per heavy atom. The van der Waals surface area contributed by atoms with Crippen molar-refractivity contribution < 1.29 is 0 Å². The van der Waals surface area contributed by atoms with Crippen molar-refractivity contribution in [1.29, 1.82) is 0 Å². The van der Waals surface area contributed by atoms with Gasteiger partial charge in [-0.05, 0) is 42.5 Å². The van der Waals surface area contributed by atoms with Gasteiger partial charge in [0, 0.05) is 18.2 Å². The van der Waals surface area contributed by atoms with Crippen molar-refractivity contribution in [3.63, 3.8) is 0 Å². The summed E-state index contributed by atoms with van der Waals surface area (Å²) in [4.78, 5) is 4.48. The summed E-state index contributed by atoms with van der Waals surface area (Å²) in [5.74, 6) is 1.35. The fourth-order valence-corrected chi connectivity index (χ4v) is 2.92. The van der Waals surface area contributed by atoms with Crippen LogP contribution in [0.3, 0.4) is 0 Å². The van der Waals surface area contributed by atoms with Gasteiger partial charge in [0.1, 0.15) is 0 Å². The van der Waals surface area contributed by atoms with E-state index in [1.807, 2.05) is 6.92 Å². The Hall–Kier alpha value is -2.35. The molecular weight excluding hydrogens is 268 g/mol. The Kier molecular flexibility index (Phi) is 4.10. The third kappa shape index (κ3) is 3.11. The number of aliphatic imine (C=N–C) groups is 1. The maximum atomic E-state index is 4.48. The molecule has 3 rings (SSSR count). The number of rotatable bonds is 3. The smallest absolute Gasteiger partial charge is 0.0973 e. The normalized spacial score (nSPS) is 17.8. The summed E-state index contributed by atoms with van der Waals surface area (Å²) in [6.45, 7) is 9.10. The van der Waals surface area contributed by atoms with Gasteiger partial charge in [-0.15, -0.1) is 0 Å². The fraction of sp³-hybridized carbons (Fsp3) is 0.250. The third-order valence-corrected chi connectivity index (χ3v) is 4.28. The molecule has 2 aromatic carbocycles. The van der Waals surface area contributed by atoms with Gasteiger partial charge in [-0.2, -0.15) is 0 Å². The summed E-state index contributed by atoms with van der Waals surface area (Å²) >= 11 is 0. The zero-order valence-electron chi connectivity index (χ0n) is 13.3. The standard InChI is InChI=1S/C20H22N2/c1-14-6-4-5-7-20(14)18-10-8-17(9-11-18)12-19-13-21-16(3)22-15(19)2/h4-11,19H,2,12-13H2,1,3H3,(H,21,22). The molecule has 0 amide bonds. The molecule has 0 aromatic heterocycles. The van der Waals surface area contributed by atoms with Crippen LogP contribution < -0.4 is 5.32 Å². The van der Waals surface area contributed by atoms with Gasteiger partial charge in [0.05, 0.1) is 5.84 Å². The first-order valence-electron chi connectivity index (χ1n) is 7.75. The lowest BCUT2D eigenvalue weighted by Gasteiger charge is -2.24. The predicted molar refractivity (Wildman–Crippen MR) is 94.1 cm³/mol. The second-order valence-electron chi connectivity index (χ2n) is 5.99. The highest BCUT2D eigenvalue weighted by Gasteiger charge is 2.17. The van der Waals surface area contributed by atoms with Gasteiger partial charge in [0.2, 0.25) is 0 Å². The quantitative estimate of drug-likeness (QED) is 0.892. The molecule has 1 unspecified atom stereocenters. The van der Waals surface area contributed by atoms with Crippen LogP contribution in [-0.2, 0) is 6.42 Å². The number of nitrogens with zero attached hydrogens (tertiary/aromatic N) is 1. The molecule has 0 aliphatic carbocycles. The maximum Gasteiger partial charge on any atom is 0.0973 e. The highest BCUT2D eigenvalue weighted by atomic mass is 15.0. The van der Waals surface area contributed by atoms with Gasteiger partial charge in [-0.3, -0.25) is 4.99 Å². The molecule has 2 aromatic rings. The number of nitrogens with one attached hydrogen (secondary N) is 1. The van der Waals surface area contributed by atoms with Crippen LogP contribution in [0.15, 0.2) is 65.8 Å². The molecule has 1 heterocycles. The minimum absolute atomic E-state index is 0.382. The first kappa shape index (κ1) is 14.6. The SMILES string of the molecule is C=C1NC(C)=NCC1Cc1ccc(-c2ccccc2C)cc1. The average molecular weight is 290 g/mol. The van der Waals surface area contributed by atoms with E-state index in [-0.39, 0.29) is 0 Å². The maximum absolute atomic E-state index is 4.48. The van der Waals surface area contributed by atoms with Crippen LogP contribution in [0.5, 0.6) is 0 Å². The summed E-state index contributed by atoms with van der Waals surface area (Å²) in [5.41, 5.74) is 6.30. The number of aryl methyl sites for hydroxylation is 1. The van der Waals surface area contributed by atoms with Crippen molar-refractivity contribution >= 4 is 5.84 Å². The second kappa shape index (κ2) is 6.18. The van der Waals surface area contributed by atoms with Crippen molar-refractivity contribution in [1.82, 2.24) is 5.32 Å². The molecule has 0 fully saturated rings. The first-order chi connectivity index (χ1) is 10.6. The molecule has 0 saturated carbocycles. The van der Waals surface area contributed by atoms with Gasteiger partial charge >= 0.3 is 0 Å². The summed E-state index contributed by atoms with van der Waals surface area (Å²) in [6, 6.07) is 17.4. The van der Waals surface area contributed by atoms with Gasteiger partial charge in [-0.25, -0.2) is 0 Å². The highest BCUT2D eigenvalue weighted by molar-refractivity contribution is 5.82. The number of hydrogen-bond acceptors (Lipinski definition) is 2. The molecule has 1 atom stereocenters. The van der Waals surface area contributed by atoms with Crippen molar-refractivity contribution in [3.05, 3.63) is 71.9 Å². The Morgan fingerprint density at radius 2 is 1.82 bits per heavy atom. The molecule has 0 spiro atoms. The van der Waals surface area contributed by atoms with Crippen molar-refractivity contribution in [2.45, 2.75) is 20.3 Å². The average Bonchev–Trinajstić information content (AvgIpc) is 2.51. The van der Waals surface area contributed by atoms with Crippen molar-refractivity contribution in [3.8, 4) is 11.1 Å². The first-order valence-corrected chi connectivity index (χ1v) is 7.75. The minimum Gasteiger partial charge on any atom is -0.348 e. The largest absolute Gasteiger partial charge is 0.348 e. The van der Waals surface area contributed by atoms with E-state index >= 15 is 0 Å². The summed E-state index contributed by atoms with van der Waals surface area (Å²) in [6.07, 6.45) is 0.983. The fourth-order valence-electron chi connectivity index (χ4n) is 2.92. The van der Waals surface area contributed by atoms with Crippen LogP contribution in [-0.4, -0.2) is 12.4 Å². The van der Waals surface area contributed by atoms with Crippen LogP contribution >= 0.6 is 0 Å². The Labute approximate surface area is 132 Å². The van der Waals surface area contributed by atoms with Crippen LogP contribution in [0.4, 0.5) is 0 Å². The number of amidine groups is 1. The number of hydrogen-bond donors (Lipinski definition) is 1. The predicted octanol–water partition coefficient (Wildman–Crippen LogP) is 4.36. The molecule has 1 aliphatic rings. The lowest BCUT2D eigenvalue weighted by atomic mass is 9.93. The van der Waals surface area contributed by atoms with Gasteiger partial charge in [-0.1, -0.05) is 55.1 Å². The molecule has 22 heavy (non-hydrogen) atoms. The highest BCUT2D eigenvalue weighted by Crippen LogP contribution is 2.25. The summed E-state index contributed by atoms with van der Waals surface area (Å²) in [7, 11) is 0. The van der Waals surface area contributed by atoms with Gasteiger partial charge in [0.25, 0.3) is 0 Å². The topological polar surface area (TPSA) is 24.4 Å². The Morgan fingerprint density at radius 3 is 2.50 bits per heavy atom. The molecule has 0 radical (unpaired) electrons. The number of benzene rings is 2.